The van der Waals surface area contributed by atoms with E-state index in [2.05, 4.69) is 0 Å². The van der Waals surface area contributed by atoms with Crippen molar-refractivity contribution in [3.8, 4) is 6.07 Å². The lowest BCUT2D eigenvalue weighted by Gasteiger charge is -2.19. The number of carbonyl (C=O) groups is 1. The maximum absolute atomic E-state index is 12.3. The number of anilines is 1. The van der Waals surface area contributed by atoms with Crippen molar-refractivity contribution in [2.75, 3.05) is 17.2 Å². The first kappa shape index (κ1) is 14.2. The molecule has 0 aliphatic carbocycles. The van der Waals surface area contributed by atoms with E-state index in [0.29, 0.717) is 5.75 Å². The first-order valence-corrected chi connectivity index (χ1v) is 7.20. The van der Waals surface area contributed by atoms with E-state index < -0.39 is 0 Å². The number of thioether (sulfide) groups is 1. The van der Waals surface area contributed by atoms with Crippen molar-refractivity contribution in [3.63, 3.8) is 0 Å². The highest BCUT2D eigenvalue weighted by atomic mass is 32.2. The molecule has 0 spiro atoms. The standard InChI is InChI=1S/C16H14N2OS/c17-11-12-18(14-7-3-1-4-8-14)16(19)13-20-15-9-5-2-6-10-15/h1-10H,12-13H2. The van der Waals surface area contributed by atoms with Crippen LogP contribution in [0.5, 0.6) is 0 Å². The zero-order valence-electron chi connectivity index (χ0n) is 10.9. The molecule has 0 heterocycles. The number of benzene rings is 2. The summed E-state index contributed by atoms with van der Waals surface area (Å²) in [4.78, 5) is 14.8. The van der Waals surface area contributed by atoms with Gasteiger partial charge in [-0.25, -0.2) is 0 Å². The lowest BCUT2D eigenvalue weighted by atomic mass is 10.3. The smallest absolute Gasteiger partial charge is 0.238 e. The van der Waals surface area contributed by atoms with Gasteiger partial charge in [0.1, 0.15) is 6.54 Å². The van der Waals surface area contributed by atoms with Crippen LogP contribution in [0.15, 0.2) is 65.6 Å². The monoisotopic (exact) mass is 282 g/mol. The Bertz CT molecular complexity index is 593. The van der Waals surface area contributed by atoms with Crippen LogP contribution in [-0.4, -0.2) is 18.2 Å². The number of hydrogen-bond acceptors (Lipinski definition) is 3. The van der Waals surface area contributed by atoms with Crippen molar-refractivity contribution in [2.24, 2.45) is 0 Å². The summed E-state index contributed by atoms with van der Waals surface area (Å²) >= 11 is 1.48. The van der Waals surface area contributed by atoms with Gasteiger partial charge in [-0.2, -0.15) is 5.26 Å². The van der Waals surface area contributed by atoms with E-state index in [4.69, 9.17) is 5.26 Å². The fourth-order valence-corrected chi connectivity index (χ4v) is 2.54. The highest BCUT2D eigenvalue weighted by Gasteiger charge is 2.15. The molecule has 0 bridgehead atoms. The van der Waals surface area contributed by atoms with Crippen molar-refractivity contribution in [2.45, 2.75) is 4.90 Å². The van der Waals surface area contributed by atoms with Crippen molar-refractivity contribution in [1.29, 1.82) is 5.26 Å². The molecule has 0 aromatic heterocycles. The van der Waals surface area contributed by atoms with Gasteiger partial charge in [-0.15, -0.1) is 11.8 Å². The van der Waals surface area contributed by atoms with E-state index in [-0.39, 0.29) is 12.5 Å². The normalized spacial score (nSPS) is 9.75. The molecule has 0 saturated carbocycles. The Balaban J connectivity index is 2.03. The fraction of sp³-hybridized carbons (Fsp3) is 0.125. The van der Waals surface area contributed by atoms with Crippen LogP contribution in [-0.2, 0) is 4.79 Å². The molecule has 1 amide bonds. The van der Waals surface area contributed by atoms with Crippen LogP contribution in [0.4, 0.5) is 5.69 Å². The second-order valence-corrected chi connectivity index (χ2v) is 5.12. The molecule has 2 aromatic carbocycles. The Morgan fingerprint density at radius 1 is 1.05 bits per heavy atom. The summed E-state index contributed by atoms with van der Waals surface area (Å²) in [5, 5.41) is 8.88. The molecule has 3 nitrogen and oxygen atoms in total. The van der Waals surface area contributed by atoms with Crippen LogP contribution in [0.2, 0.25) is 0 Å². The summed E-state index contributed by atoms with van der Waals surface area (Å²) < 4.78 is 0. The van der Waals surface area contributed by atoms with E-state index in [1.54, 1.807) is 0 Å². The molecular formula is C16H14N2OS. The quantitative estimate of drug-likeness (QED) is 0.624. The molecule has 2 aromatic rings. The first-order valence-electron chi connectivity index (χ1n) is 6.21. The molecule has 20 heavy (non-hydrogen) atoms. The maximum atomic E-state index is 12.3. The van der Waals surface area contributed by atoms with Gasteiger partial charge in [-0.05, 0) is 24.3 Å². The molecule has 0 fully saturated rings. The fourth-order valence-electron chi connectivity index (χ4n) is 1.74. The van der Waals surface area contributed by atoms with Gasteiger partial charge in [0.2, 0.25) is 5.91 Å². The summed E-state index contributed by atoms with van der Waals surface area (Å²) in [6.45, 7) is 0.0677. The second-order valence-electron chi connectivity index (χ2n) is 4.08. The predicted molar refractivity (Wildman–Crippen MR) is 81.6 cm³/mol. The largest absolute Gasteiger partial charge is 0.298 e. The van der Waals surface area contributed by atoms with Crippen LogP contribution in [0.3, 0.4) is 0 Å². The van der Waals surface area contributed by atoms with E-state index >= 15 is 0 Å². The second kappa shape index (κ2) is 7.37. The molecule has 0 atom stereocenters. The van der Waals surface area contributed by atoms with Gasteiger partial charge in [-0.3, -0.25) is 9.69 Å². The summed E-state index contributed by atoms with van der Waals surface area (Å²) in [6.07, 6.45) is 0. The van der Waals surface area contributed by atoms with Gasteiger partial charge < -0.3 is 0 Å². The van der Waals surface area contributed by atoms with Crippen molar-refractivity contribution in [3.05, 3.63) is 60.7 Å². The number of nitrogens with zero attached hydrogens (tertiary/aromatic N) is 2. The SMILES string of the molecule is N#CCN(C(=O)CSc1ccccc1)c1ccccc1. The van der Waals surface area contributed by atoms with E-state index in [9.17, 15) is 4.79 Å². The summed E-state index contributed by atoms with van der Waals surface area (Å²) in [6, 6.07) is 21.1. The van der Waals surface area contributed by atoms with E-state index in [1.165, 1.54) is 16.7 Å². The van der Waals surface area contributed by atoms with Gasteiger partial charge in [0, 0.05) is 10.6 Å². The molecule has 100 valence electrons. The molecular weight excluding hydrogens is 268 g/mol. The van der Waals surface area contributed by atoms with Gasteiger partial charge in [-0.1, -0.05) is 36.4 Å². The van der Waals surface area contributed by atoms with Crippen LogP contribution in [0.25, 0.3) is 0 Å². The Morgan fingerprint density at radius 2 is 1.65 bits per heavy atom. The molecule has 0 aliphatic rings. The topological polar surface area (TPSA) is 44.1 Å². The van der Waals surface area contributed by atoms with Gasteiger partial charge >= 0.3 is 0 Å². The number of carbonyl (C=O) groups excluding carboxylic acids is 1. The number of para-hydroxylation sites is 1. The molecule has 0 radical (unpaired) electrons. The number of rotatable bonds is 5. The van der Waals surface area contributed by atoms with Crippen molar-refractivity contribution < 1.29 is 4.79 Å². The molecule has 2 rings (SSSR count). The Morgan fingerprint density at radius 3 is 2.25 bits per heavy atom. The molecule has 4 heteroatoms. The highest BCUT2D eigenvalue weighted by molar-refractivity contribution is 8.00. The van der Waals surface area contributed by atoms with Gasteiger partial charge in [0.05, 0.1) is 11.8 Å². The minimum Gasteiger partial charge on any atom is -0.298 e. The first-order chi connectivity index (χ1) is 9.81. The van der Waals surface area contributed by atoms with Crippen LogP contribution in [0, 0.1) is 11.3 Å². The zero-order chi connectivity index (χ0) is 14.2. The average Bonchev–Trinajstić information content (AvgIpc) is 2.52. The minimum absolute atomic E-state index is 0.0633. The summed E-state index contributed by atoms with van der Waals surface area (Å²) in [7, 11) is 0. The molecule has 0 aliphatic heterocycles. The lowest BCUT2D eigenvalue weighted by molar-refractivity contribution is -0.116. The van der Waals surface area contributed by atoms with Crippen molar-refractivity contribution >= 4 is 23.4 Å². The average molecular weight is 282 g/mol. The Hall–Kier alpha value is -2.25. The minimum atomic E-state index is -0.0633. The third-order valence-corrected chi connectivity index (χ3v) is 3.70. The molecule has 0 saturated heterocycles. The molecule has 0 N–H and O–H groups in total. The third-order valence-electron chi connectivity index (χ3n) is 2.70. The zero-order valence-corrected chi connectivity index (χ0v) is 11.7. The third kappa shape index (κ3) is 3.87. The molecule has 0 unspecified atom stereocenters. The predicted octanol–water partition coefficient (Wildman–Crippen LogP) is 3.34. The Kier molecular flexibility index (Phi) is 5.22. The Labute approximate surface area is 122 Å². The van der Waals surface area contributed by atoms with Crippen LogP contribution in [0.1, 0.15) is 0 Å². The summed E-state index contributed by atoms with van der Waals surface area (Å²) in [5.74, 6) is 0.257. The maximum Gasteiger partial charge on any atom is 0.238 e. The number of amides is 1. The van der Waals surface area contributed by atoms with Crippen molar-refractivity contribution in [1.82, 2.24) is 0 Å². The summed E-state index contributed by atoms with van der Waals surface area (Å²) in [5.41, 5.74) is 0.757. The highest BCUT2D eigenvalue weighted by Crippen LogP contribution is 2.20. The number of hydrogen-bond donors (Lipinski definition) is 0. The van der Waals surface area contributed by atoms with Crippen LogP contribution < -0.4 is 4.90 Å². The van der Waals surface area contributed by atoms with Crippen LogP contribution >= 0.6 is 11.8 Å². The van der Waals surface area contributed by atoms with E-state index in [1.807, 2.05) is 66.7 Å². The van der Waals surface area contributed by atoms with Gasteiger partial charge in [0.15, 0.2) is 0 Å². The lowest BCUT2D eigenvalue weighted by Crippen LogP contribution is -2.32. The van der Waals surface area contributed by atoms with Gasteiger partial charge in [0.25, 0.3) is 0 Å². The number of nitriles is 1. The van der Waals surface area contributed by atoms with E-state index in [0.717, 1.165) is 10.6 Å².